The summed E-state index contributed by atoms with van der Waals surface area (Å²) in [6.45, 7) is 8.44. The Morgan fingerprint density at radius 2 is 1.75 bits per heavy atom. The first-order valence-corrected chi connectivity index (χ1v) is 9.56. The fourth-order valence-corrected chi connectivity index (χ4v) is 3.16. The Bertz CT molecular complexity index is 701. The third kappa shape index (κ3) is 8.17. The molecule has 28 heavy (non-hydrogen) atoms. The molecule has 1 aromatic carbocycles. The second kappa shape index (κ2) is 9.78. The van der Waals surface area contributed by atoms with Gasteiger partial charge in [-0.15, -0.1) is 0 Å². The highest BCUT2D eigenvalue weighted by atomic mass is 19.1. The van der Waals surface area contributed by atoms with Crippen LogP contribution < -0.4 is 10.6 Å². The van der Waals surface area contributed by atoms with Crippen molar-refractivity contribution in [1.29, 1.82) is 0 Å². The lowest BCUT2D eigenvalue weighted by atomic mass is 9.96. The summed E-state index contributed by atoms with van der Waals surface area (Å²) in [4.78, 5) is 26.0. The van der Waals surface area contributed by atoms with Crippen molar-refractivity contribution < 1.29 is 18.4 Å². The number of likely N-dealkylation sites (tertiary alicyclic amines) is 1. The van der Waals surface area contributed by atoms with Crippen LogP contribution in [0.1, 0.15) is 39.2 Å². The molecule has 0 bridgehead atoms. The SMILES string of the molecule is CC(C)(C)NC(=O)CN1CCC(CNC(=O)C=Cc2cc(F)cc(F)c2)CC1. The zero-order chi connectivity index (χ0) is 20.7. The number of carbonyl (C=O) groups is 2. The van der Waals surface area contributed by atoms with Crippen molar-refractivity contribution in [2.45, 2.75) is 39.2 Å². The molecule has 0 atom stereocenters. The fraction of sp³-hybridized carbons (Fsp3) is 0.524. The highest BCUT2D eigenvalue weighted by Gasteiger charge is 2.22. The van der Waals surface area contributed by atoms with E-state index < -0.39 is 11.6 Å². The molecule has 2 rings (SSSR count). The number of nitrogens with zero attached hydrogens (tertiary/aromatic N) is 1. The summed E-state index contributed by atoms with van der Waals surface area (Å²) in [7, 11) is 0. The average Bonchev–Trinajstić information content (AvgIpc) is 2.57. The molecule has 0 radical (unpaired) electrons. The quantitative estimate of drug-likeness (QED) is 0.731. The fourth-order valence-electron chi connectivity index (χ4n) is 3.16. The summed E-state index contributed by atoms with van der Waals surface area (Å²) in [5.74, 6) is -1.27. The van der Waals surface area contributed by atoms with Crippen LogP contribution in [0.15, 0.2) is 24.3 Å². The number of piperidine rings is 1. The molecule has 0 spiro atoms. The first kappa shape index (κ1) is 22.0. The second-order valence-corrected chi connectivity index (χ2v) is 8.30. The third-order valence-electron chi connectivity index (χ3n) is 4.47. The van der Waals surface area contributed by atoms with Gasteiger partial charge in [0.25, 0.3) is 0 Å². The lowest BCUT2D eigenvalue weighted by Crippen LogP contribution is -2.48. The van der Waals surface area contributed by atoms with Gasteiger partial charge in [0.15, 0.2) is 0 Å². The number of halogens is 2. The van der Waals surface area contributed by atoms with Crippen molar-refractivity contribution in [2.75, 3.05) is 26.2 Å². The summed E-state index contributed by atoms with van der Waals surface area (Å²) in [5.41, 5.74) is 0.0688. The van der Waals surface area contributed by atoms with Crippen LogP contribution in [0.5, 0.6) is 0 Å². The molecular formula is C21H29F2N3O2. The van der Waals surface area contributed by atoms with Gasteiger partial charge in [-0.3, -0.25) is 14.5 Å². The number of carbonyl (C=O) groups excluding carboxylic acids is 2. The molecule has 0 saturated carbocycles. The van der Waals surface area contributed by atoms with Gasteiger partial charge in [0.2, 0.25) is 11.8 Å². The predicted octanol–water partition coefficient (Wildman–Crippen LogP) is 2.72. The smallest absolute Gasteiger partial charge is 0.244 e. The van der Waals surface area contributed by atoms with Crippen molar-refractivity contribution >= 4 is 17.9 Å². The van der Waals surface area contributed by atoms with Crippen LogP contribution in [0.4, 0.5) is 8.78 Å². The molecule has 7 heteroatoms. The first-order valence-electron chi connectivity index (χ1n) is 9.56. The van der Waals surface area contributed by atoms with E-state index in [-0.39, 0.29) is 17.4 Å². The number of hydrogen-bond donors (Lipinski definition) is 2. The molecule has 2 amide bonds. The first-order chi connectivity index (χ1) is 13.1. The summed E-state index contributed by atoms with van der Waals surface area (Å²) >= 11 is 0. The van der Waals surface area contributed by atoms with Crippen LogP contribution in [-0.4, -0.2) is 48.4 Å². The molecule has 1 fully saturated rings. The van der Waals surface area contributed by atoms with Crippen LogP contribution in [0.25, 0.3) is 6.08 Å². The summed E-state index contributed by atoms with van der Waals surface area (Å²) in [6, 6.07) is 3.12. The van der Waals surface area contributed by atoms with Gasteiger partial charge < -0.3 is 10.6 Å². The molecule has 1 aliphatic heterocycles. The Labute approximate surface area is 165 Å². The molecule has 0 aromatic heterocycles. The molecule has 0 unspecified atom stereocenters. The molecule has 0 aliphatic carbocycles. The summed E-state index contributed by atoms with van der Waals surface area (Å²) < 4.78 is 26.3. The van der Waals surface area contributed by atoms with Crippen LogP contribution in [0, 0.1) is 17.6 Å². The number of rotatable bonds is 6. The van der Waals surface area contributed by atoms with Crippen LogP contribution >= 0.6 is 0 Å². The van der Waals surface area contributed by atoms with Gasteiger partial charge in [-0.1, -0.05) is 0 Å². The topological polar surface area (TPSA) is 61.4 Å². The molecule has 1 heterocycles. The van der Waals surface area contributed by atoms with E-state index in [1.807, 2.05) is 20.8 Å². The minimum Gasteiger partial charge on any atom is -0.352 e. The summed E-state index contributed by atoms with van der Waals surface area (Å²) in [5, 5.41) is 5.79. The van der Waals surface area contributed by atoms with Crippen molar-refractivity contribution in [3.63, 3.8) is 0 Å². The maximum absolute atomic E-state index is 13.1. The largest absolute Gasteiger partial charge is 0.352 e. The molecule has 2 N–H and O–H groups in total. The number of benzene rings is 1. The van der Waals surface area contributed by atoms with E-state index in [9.17, 15) is 18.4 Å². The average molecular weight is 393 g/mol. The van der Waals surface area contributed by atoms with Gasteiger partial charge in [-0.05, 0) is 76.4 Å². The van der Waals surface area contributed by atoms with Gasteiger partial charge in [0, 0.05) is 24.2 Å². The van der Waals surface area contributed by atoms with E-state index in [2.05, 4.69) is 15.5 Å². The van der Waals surface area contributed by atoms with Gasteiger partial charge >= 0.3 is 0 Å². The van der Waals surface area contributed by atoms with E-state index >= 15 is 0 Å². The zero-order valence-electron chi connectivity index (χ0n) is 16.7. The Morgan fingerprint density at radius 3 is 2.32 bits per heavy atom. The zero-order valence-corrected chi connectivity index (χ0v) is 16.7. The monoisotopic (exact) mass is 393 g/mol. The van der Waals surface area contributed by atoms with E-state index in [1.165, 1.54) is 24.3 Å². The van der Waals surface area contributed by atoms with Crippen LogP contribution in [0.2, 0.25) is 0 Å². The van der Waals surface area contributed by atoms with Gasteiger partial charge in [0.1, 0.15) is 11.6 Å². The minimum atomic E-state index is -0.678. The van der Waals surface area contributed by atoms with E-state index in [4.69, 9.17) is 0 Å². The molecule has 1 saturated heterocycles. The third-order valence-corrected chi connectivity index (χ3v) is 4.47. The Balaban J connectivity index is 1.69. The number of amides is 2. The summed E-state index contributed by atoms with van der Waals surface area (Å²) in [6.07, 6.45) is 4.47. The molecule has 1 aliphatic rings. The van der Waals surface area contributed by atoms with Gasteiger partial charge in [-0.25, -0.2) is 8.78 Å². The minimum absolute atomic E-state index is 0.0261. The van der Waals surface area contributed by atoms with Gasteiger partial charge in [0.05, 0.1) is 6.54 Å². The van der Waals surface area contributed by atoms with Crippen molar-refractivity contribution in [3.05, 3.63) is 41.5 Å². The highest BCUT2D eigenvalue weighted by molar-refractivity contribution is 5.91. The Morgan fingerprint density at radius 1 is 1.14 bits per heavy atom. The lowest BCUT2D eigenvalue weighted by Gasteiger charge is -2.32. The van der Waals surface area contributed by atoms with Crippen molar-refractivity contribution in [2.24, 2.45) is 5.92 Å². The number of nitrogens with one attached hydrogen (secondary N) is 2. The van der Waals surface area contributed by atoms with Crippen LogP contribution in [0.3, 0.4) is 0 Å². The van der Waals surface area contributed by atoms with E-state index in [1.54, 1.807) is 0 Å². The van der Waals surface area contributed by atoms with Crippen LogP contribution in [-0.2, 0) is 9.59 Å². The van der Waals surface area contributed by atoms with Crippen molar-refractivity contribution in [3.8, 4) is 0 Å². The normalized spacial score (nSPS) is 16.3. The maximum Gasteiger partial charge on any atom is 0.244 e. The standard InChI is InChI=1S/C21H29F2N3O2/c1-21(2,3)25-20(28)14-26-8-6-15(7-9-26)13-24-19(27)5-4-16-10-17(22)12-18(23)11-16/h4-5,10-12,15H,6-9,13-14H2,1-3H3,(H,24,27)(H,25,28). The Hall–Kier alpha value is -2.28. The van der Waals surface area contributed by atoms with E-state index in [0.717, 1.165) is 32.0 Å². The Kier molecular flexibility index (Phi) is 7.69. The lowest BCUT2D eigenvalue weighted by molar-refractivity contribution is -0.124. The number of hydrogen-bond acceptors (Lipinski definition) is 3. The van der Waals surface area contributed by atoms with Gasteiger partial charge in [-0.2, -0.15) is 0 Å². The van der Waals surface area contributed by atoms with E-state index in [0.29, 0.717) is 24.6 Å². The van der Waals surface area contributed by atoms with Crippen molar-refractivity contribution in [1.82, 2.24) is 15.5 Å². The predicted molar refractivity (Wildman–Crippen MR) is 105 cm³/mol. The molecule has 154 valence electrons. The molecular weight excluding hydrogens is 364 g/mol. The molecule has 1 aromatic rings. The highest BCUT2D eigenvalue weighted by Crippen LogP contribution is 2.16. The maximum atomic E-state index is 13.1. The second-order valence-electron chi connectivity index (χ2n) is 8.30. The molecule has 5 nitrogen and oxygen atoms in total.